The number of nitrogens with zero attached hydrogens (tertiary/aromatic N) is 5. The first-order valence-corrected chi connectivity index (χ1v) is 10.4. The summed E-state index contributed by atoms with van der Waals surface area (Å²) in [6, 6.07) is 9.44. The number of rotatable bonds is 7. The average Bonchev–Trinajstić information content (AvgIpc) is 3.29. The number of hydrogen-bond acceptors (Lipinski definition) is 5. The van der Waals surface area contributed by atoms with E-state index < -0.39 is 0 Å². The topological polar surface area (TPSA) is 77.6 Å². The fourth-order valence-electron chi connectivity index (χ4n) is 2.74. The van der Waals surface area contributed by atoms with Crippen molar-refractivity contribution in [2.75, 3.05) is 5.32 Å². The van der Waals surface area contributed by atoms with Crippen molar-refractivity contribution in [2.24, 2.45) is 0 Å². The molecule has 0 saturated carbocycles. The standard InChI is InChI=1S/C19H23ClN6OS/c1-5-25-17(14-6-8-15(20)9-7-14)23-24-19(25)28-13(4)18(27)22-16-10-11-21-26(16)12(2)3/h6-13H,5H2,1-4H3,(H,22,27)/t13-/m0/s1. The Morgan fingerprint density at radius 1 is 1.18 bits per heavy atom. The minimum absolute atomic E-state index is 0.105. The Morgan fingerprint density at radius 3 is 2.54 bits per heavy atom. The van der Waals surface area contributed by atoms with Gasteiger partial charge in [0.05, 0.1) is 11.4 Å². The van der Waals surface area contributed by atoms with E-state index in [1.54, 1.807) is 16.9 Å². The molecule has 0 radical (unpaired) electrons. The van der Waals surface area contributed by atoms with E-state index in [-0.39, 0.29) is 17.2 Å². The predicted octanol–water partition coefficient (Wildman–Crippen LogP) is 4.52. The lowest BCUT2D eigenvalue weighted by Crippen LogP contribution is -2.25. The molecule has 28 heavy (non-hydrogen) atoms. The van der Waals surface area contributed by atoms with Crippen molar-refractivity contribution in [3.05, 3.63) is 41.6 Å². The zero-order valence-electron chi connectivity index (χ0n) is 16.3. The maximum Gasteiger partial charge on any atom is 0.238 e. The van der Waals surface area contributed by atoms with Crippen molar-refractivity contribution >= 4 is 35.1 Å². The number of anilines is 1. The number of carbonyl (C=O) groups is 1. The largest absolute Gasteiger partial charge is 0.310 e. The maximum atomic E-state index is 12.7. The highest BCUT2D eigenvalue weighted by Gasteiger charge is 2.21. The second-order valence-corrected chi connectivity index (χ2v) is 8.31. The zero-order chi connectivity index (χ0) is 20.3. The first-order valence-electron chi connectivity index (χ1n) is 9.10. The predicted molar refractivity (Wildman–Crippen MR) is 113 cm³/mol. The molecule has 1 N–H and O–H groups in total. The molecule has 1 atom stereocenters. The van der Waals surface area contributed by atoms with Crippen molar-refractivity contribution < 1.29 is 4.79 Å². The van der Waals surface area contributed by atoms with E-state index in [1.165, 1.54) is 11.8 Å². The number of halogens is 1. The van der Waals surface area contributed by atoms with E-state index in [0.29, 0.717) is 22.5 Å². The fourth-order valence-corrected chi connectivity index (χ4v) is 3.78. The summed E-state index contributed by atoms with van der Waals surface area (Å²) >= 11 is 7.35. The van der Waals surface area contributed by atoms with Crippen molar-refractivity contribution in [1.82, 2.24) is 24.5 Å². The molecule has 9 heteroatoms. The molecule has 7 nitrogen and oxygen atoms in total. The Labute approximate surface area is 173 Å². The third kappa shape index (κ3) is 4.39. The molecular weight excluding hydrogens is 396 g/mol. The number of hydrogen-bond donors (Lipinski definition) is 1. The van der Waals surface area contributed by atoms with Crippen LogP contribution in [-0.2, 0) is 11.3 Å². The quantitative estimate of drug-likeness (QED) is 0.571. The van der Waals surface area contributed by atoms with E-state index in [2.05, 4.69) is 20.6 Å². The first-order chi connectivity index (χ1) is 13.4. The van der Waals surface area contributed by atoms with E-state index in [9.17, 15) is 4.79 Å². The van der Waals surface area contributed by atoms with Crippen LogP contribution in [0.25, 0.3) is 11.4 Å². The van der Waals surface area contributed by atoms with Gasteiger partial charge in [0, 0.05) is 29.2 Å². The number of carbonyl (C=O) groups excluding carboxylic acids is 1. The maximum absolute atomic E-state index is 12.7. The molecule has 3 aromatic rings. The Morgan fingerprint density at radius 2 is 1.89 bits per heavy atom. The second-order valence-electron chi connectivity index (χ2n) is 6.56. The molecule has 148 valence electrons. The van der Waals surface area contributed by atoms with Crippen molar-refractivity contribution in [3.8, 4) is 11.4 Å². The summed E-state index contributed by atoms with van der Waals surface area (Å²) in [6.07, 6.45) is 1.68. The average molecular weight is 419 g/mol. The Kier molecular flexibility index (Phi) is 6.41. The van der Waals surface area contributed by atoms with Gasteiger partial charge in [-0.25, -0.2) is 4.68 Å². The number of benzene rings is 1. The van der Waals surface area contributed by atoms with Gasteiger partial charge in [-0.05, 0) is 52.0 Å². The van der Waals surface area contributed by atoms with Gasteiger partial charge in [-0.1, -0.05) is 23.4 Å². The van der Waals surface area contributed by atoms with E-state index in [1.807, 2.05) is 56.5 Å². The molecule has 0 aliphatic rings. The number of thioether (sulfide) groups is 1. The highest BCUT2D eigenvalue weighted by molar-refractivity contribution is 8.00. The van der Waals surface area contributed by atoms with Crippen molar-refractivity contribution in [2.45, 2.75) is 50.7 Å². The summed E-state index contributed by atoms with van der Waals surface area (Å²) in [4.78, 5) is 12.7. The molecule has 1 aromatic carbocycles. The molecule has 2 aromatic heterocycles. The zero-order valence-corrected chi connectivity index (χ0v) is 17.8. The highest BCUT2D eigenvalue weighted by Crippen LogP contribution is 2.28. The fraction of sp³-hybridized carbons (Fsp3) is 0.368. The van der Waals surface area contributed by atoms with Gasteiger partial charge in [0.1, 0.15) is 5.82 Å². The molecule has 0 spiro atoms. The van der Waals surface area contributed by atoms with Crippen LogP contribution in [0.5, 0.6) is 0 Å². The summed E-state index contributed by atoms with van der Waals surface area (Å²) in [5, 5.41) is 16.8. The van der Waals surface area contributed by atoms with Crippen LogP contribution < -0.4 is 5.32 Å². The SMILES string of the molecule is CCn1c(S[C@@H](C)C(=O)Nc2ccnn2C(C)C)nnc1-c1ccc(Cl)cc1. The van der Waals surface area contributed by atoms with Crippen LogP contribution in [0.3, 0.4) is 0 Å². The molecule has 0 saturated heterocycles. The normalized spacial score (nSPS) is 12.4. The molecule has 0 fully saturated rings. The van der Waals surface area contributed by atoms with Gasteiger partial charge in [0.2, 0.25) is 5.91 Å². The lowest BCUT2D eigenvalue weighted by molar-refractivity contribution is -0.115. The summed E-state index contributed by atoms with van der Waals surface area (Å²) in [7, 11) is 0. The lowest BCUT2D eigenvalue weighted by Gasteiger charge is -2.15. The Hall–Kier alpha value is -2.32. The molecule has 0 unspecified atom stereocenters. The van der Waals surface area contributed by atoms with Gasteiger partial charge in [0.15, 0.2) is 11.0 Å². The smallest absolute Gasteiger partial charge is 0.238 e. The molecule has 0 bridgehead atoms. The Balaban J connectivity index is 1.75. The van der Waals surface area contributed by atoms with Crippen LogP contribution in [-0.4, -0.2) is 35.7 Å². The molecule has 3 rings (SSSR count). The van der Waals surface area contributed by atoms with Crippen LogP contribution in [0.4, 0.5) is 5.82 Å². The molecule has 0 aliphatic carbocycles. The monoisotopic (exact) mass is 418 g/mol. The number of amides is 1. The van der Waals surface area contributed by atoms with Gasteiger partial charge in [-0.15, -0.1) is 10.2 Å². The minimum Gasteiger partial charge on any atom is -0.310 e. The van der Waals surface area contributed by atoms with E-state index >= 15 is 0 Å². The van der Waals surface area contributed by atoms with Crippen LogP contribution >= 0.6 is 23.4 Å². The third-order valence-corrected chi connectivity index (χ3v) is 5.53. The van der Waals surface area contributed by atoms with Gasteiger partial charge in [0.25, 0.3) is 0 Å². The van der Waals surface area contributed by atoms with Gasteiger partial charge < -0.3 is 9.88 Å². The summed E-state index contributed by atoms with van der Waals surface area (Å²) in [5.74, 6) is 1.34. The Bertz CT molecular complexity index is 950. The summed E-state index contributed by atoms with van der Waals surface area (Å²) in [5.41, 5.74) is 0.934. The highest BCUT2D eigenvalue weighted by atomic mass is 35.5. The minimum atomic E-state index is -0.344. The molecular formula is C19H23ClN6OS. The van der Waals surface area contributed by atoms with Crippen LogP contribution in [0.1, 0.15) is 33.7 Å². The van der Waals surface area contributed by atoms with E-state index in [4.69, 9.17) is 11.6 Å². The second kappa shape index (κ2) is 8.79. The van der Waals surface area contributed by atoms with Gasteiger partial charge in [-0.3, -0.25) is 4.79 Å². The molecule has 0 aliphatic heterocycles. The summed E-state index contributed by atoms with van der Waals surface area (Å²) in [6.45, 7) is 8.61. The molecule has 1 amide bonds. The van der Waals surface area contributed by atoms with E-state index in [0.717, 1.165) is 11.4 Å². The van der Waals surface area contributed by atoms with Gasteiger partial charge >= 0.3 is 0 Å². The number of aromatic nitrogens is 5. The van der Waals surface area contributed by atoms with Crippen LogP contribution in [0, 0.1) is 0 Å². The van der Waals surface area contributed by atoms with Crippen LogP contribution in [0.15, 0.2) is 41.7 Å². The van der Waals surface area contributed by atoms with Crippen LogP contribution in [0.2, 0.25) is 5.02 Å². The summed E-state index contributed by atoms with van der Waals surface area (Å²) < 4.78 is 3.78. The number of nitrogens with one attached hydrogen (secondary N) is 1. The van der Waals surface area contributed by atoms with Crippen molar-refractivity contribution in [3.63, 3.8) is 0 Å². The lowest BCUT2D eigenvalue weighted by atomic mass is 10.2. The third-order valence-electron chi connectivity index (χ3n) is 4.20. The van der Waals surface area contributed by atoms with Crippen molar-refractivity contribution in [1.29, 1.82) is 0 Å². The van der Waals surface area contributed by atoms with Gasteiger partial charge in [-0.2, -0.15) is 5.10 Å². The molecule has 2 heterocycles. The first kappa shape index (κ1) is 20.4.